The van der Waals surface area contributed by atoms with Crippen molar-refractivity contribution < 1.29 is 0 Å². The van der Waals surface area contributed by atoms with E-state index in [1.807, 2.05) is 13.0 Å². The van der Waals surface area contributed by atoms with Crippen LogP contribution in [0.25, 0.3) is 0 Å². The molecule has 2 N–H and O–H groups in total. The summed E-state index contributed by atoms with van der Waals surface area (Å²) < 4.78 is 0. The molecule has 0 saturated carbocycles. The monoisotopic (exact) mass is 222 g/mol. The van der Waals surface area contributed by atoms with Gasteiger partial charge in [0.05, 0.1) is 0 Å². The molecule has 0 spiro atoms. The van der Waals surface area contributed by atoms with Crippen LogP contribution in [0.5, 0.6) is 0 Å². The highest BCUT2D eigenvalue weighted by Crippen LogP contribution is 2.18. The van der Waals surface area contributed by atoms with Gasteiger partial charge in [0.2, 0.25) is 0 Å². The molecule has 0 aromatic carbocycles. The third-order valence-electron chi connectivity index (χ3n) is 2.85. The molecule has 1 aromatic rings. The van der Waals surface area contributed by atoms with Gasteiger partial charge in [0.25, 0.3) is 0 Å². The van der Waals surface area contributed by atoms with E-state index >= 15 is 0 Å². The molecule has 1 unspecified atom stereocenters. The maximum absolute atomic E-state index is 5.79. The Labute approximate surface area is 97.9 Å². The first kappa shape index (κ1) is 12.7. The first-order valence-corrected chi connectivity index (χ1v) is 6.02. The minimum Gasteiger partial charge on any atom is -0.384 e. The molecule has 0 bridgehead atoms. The Morgan fingerprint density at radius 2 is 2.00 bits per heavy atom. The van der Waals surface area contributed by atoms with Gasteiger partial charge in [0, 0.05) is 25.1 Å². The van der Waals surface area contributed by atoms with Gasteiger partial charge >= 0.3 is 0 Å². The summed E-state index contributed by atoms with van der Waals surface area (Å²) in [5, 5.41) is 0. The van der Waals surface area contributed by atoms with Crippen LogP contribution in [0.15, 0.2) is 6.07 Å². The van der Waals surface area contributed by atoms with E-state index in [0.29, 0.717) is 11.9 Å². The number of aromatic nitrogens is 2. The quantitative estimate of drug-likeness (QED) is 0.830. The van der Waals surface area contributed by atoms with Crippen LogP contribution in [0.1, 0.15) is 39.9 Å². The minimum absolute atomic E-state index is 0.476. The summed E-state index contributed by atoms with van der Waals surface area (Å²) in [6.45, 7) is 9.49. The minimum atomic E-state index is 0.476. The van der Waals surface area contributed by atoms with Crippen LogP contribution >= 0.6 is 0 Å². The molecular formula is C12H22N4. The summed E-state index contributed by atoms with van der Waals surface area (Å²) >= 11 is 0. The van der Waals surface area contributed by atoms with E-state index in [-0.39, 0.29) is 0 Å². The van der Waals surface area contributed by atoms with Crippen LogP contribution in [-0.4, -0.2) is 22.6 Å². The second-order valence-electron chi connectivity index (χ2n) is 3.96. The second-order valence-corrected chi connectivity index (χ2v) is 3.96. The van der Waals surface area contributed by atoms with Crippen LogP contribution in [0, 0.1) is 0 Å². The van der Waals surface area contributed by atoms with Gasteiger partial charge in [-0.3, -0.25) is 0 Å². The van der Waals surface area contributed by atoms with E-state index in [4.69, 9.17) is 5.73 Å². The molecule has 0 amide bonds. The molecule has 0 fully saturated rings. The zero-order valence-corrected chi connectivity index (χ0v) is 10.7. The molecule has 16 heavy (non-hydrogen) atoms. The number of nitrogens with two attached hydrogens (primary N) is 1. The van der Waals surface area contributed by atoms with Gasteiger partial charge in [-0.2, -0.15) is 0 Å². The standard InChI is InChI=1S/C12H22N4/c1-5-9(4)16(7-3)12-8-10(13)14-11(6-2)15-12/h8-9H,5-7H2,1-4H3,(H2,13,14,15). The molecule has 1 aromatic heterocycles. The lowest BCUT2D eigenvalue weighted by Crippen LogP contribution is -2.33. The van der Waals surface area contributed by atoms with Gasteiger partial charge in [-0.25, -0.2) is 9.97 Å². The first-order valence-electron chi connectivity index (χ1n) is 6.02. The van der Waals surface area contributed by atoms with E-state index < -0.39 is 0 Å². The highest BCUT2D eigenvalue weighted by Gasteiger charge is 2.13. The predicted molar refractivity (Wildman–Crippen MR) is 68.6 cm³/mol. The highest BCUT2D eigenvalue weighted by atomic mass is 15.2. The number of aryl methyl sites for hydroxylation is 1. The summed E-state index contributed by atoms with van der Waals surface area (Å²) in [6, 6.07) is 2.33. The molecule has 0 aliphatic carbocycles. The molecule has 0 aliphatic heterocycles. The molecule has 1 heterocycles. The van der Waals surface area contributed by atoms with E-state index in [9.17, 15) is 0 Å². The summed E-state index contributed by atoms with van der Waals surface area (Å²) in [7, 11) is 0. The van der Waals surface area contributed by atoms with Crippen LogP contribution in [0.4, 0.5) is 11.6 Å². The molecule has 0 aliphatic rings. The molecule has 0 saturated heterocycles. The first-order chi connectivity index (χ1) is 7.62. The van der Waals surface area contributed by atoms with Crippen molar-refractivity contribution in [3.05, 3.63) is 11.9 Å². The smallest absolute Gasteiger partial charge is 0.134 e. The number of nitrogens with zero attached hydrogens (tertiary/aromatic N) is 3. The Balaban J connectivity index is 3.04. The van der Waals surface area contributed by atoms with Gasteiger partial charge in [-0.1, -0.05) is 13.8 Å². The summed E-state index contributed by atoms with van der Waals surface area (Å²) in [5.74, 6) is 2.32. The molecule has 4 heteroatoms. The average molecular weight is 222 g/mol. The largest absolute Gasteiger partial charge is 0.384 e. The normalized spacial score (nSPS) is 12.5. The Kier molecular flexibility index (Phi) is 4.52. The zero-order valence-electron chi connectivity index (χ0n) is 10.7. The molecule has 1 rings (SSSR count). The summed E-state index contributed by atoms with van der Waals surface area (Å²) in [5.41, 5.74) is 5.79. The third-order valence-corrected chi connectivity index (χ3v) is 2.85. The Bertz CT molecular complexity index is 338. The van der Waals surface area contributed by atoms with Crippen LogP contribution in [0.3, 0.4) is 0 Å². The molecule has 1 atom stereocenters. The number of rotatable bonds is 5. The zero-order chi connectivity index (χ0) is 12.1. The lowest BCUT2D eigenvalue weighted by Gasteiger charge is -2.28. The topological polar surface area (TPSA) is 55.0 Å². The van der Waals surface area contributed by atoms with Crippen molar-refractivity contribution in [3.63, 3.8) is 0 Å². The number of hydrogen-bond acceptors (Lipinski definition) is 4. The van der Waals surface area contributed by atoms with Crippen molar-refractivity contribution >= 4 is 11.6 Å². The fraction of sp³-hybridized carbons (Fsp3) is 0.667. The Morgan fingerprint density at radius 3 is 2.50 bits per heavy atom. The number of hydrogen-bond donors (Lipinski definition) is 1. The Hall–Kier alpha value is -1.32. The number of anilines is 2. The van der Waals surface area contributed by atoms with Crippen LogP contribution < -0.4 is 10.6 Å². The molecule has 90 valence electrons. The van der Waals surface area contributed by atoms with E-state index in [0.717, 1.165) is 31.0 Å². The maximum Gasteiger partial charge on any atom is 0.134 e. The van der Waals surface area contributed by atoms with Gasteiger partial charge in [0.1, 0.15) is 17.5 Å². The van der Waals surface area contributed by atoms with E-state index in [1.54, 1.807) is 0 Å². The SMILES string of the molecule is CCc1nc(N)cc(N(CC)C(C)CC)n1. The van der Waals surface area contributed by atoms with Crippen molar-refractivity contribution in [1.82, 2.24) is 9.97 Å². The van der Waals surface area contributed by atoms with E-state index in [2.05, 4.69) is 35.6 Å². The summed E-state index contributed by atoms with van der Waals surface area (Å²) in [4.78, 5) is 11.0. The molecular weight excluding hydrogens is 200 g/mol. The maximum atomic E-state index is 5.79. The van der Waals surface area contributed by atoms with Gasteiger partial charge in [-0.15, -0.1) is 0 Å². The van der Waals surface area contributed by atoms with Gasteiger partial charge < -0.3 is 10.6 Å². The van der Waals surface area contributed by atoms with Gasteiger partial charge in [0.15, 0.2) is 0 Å². The summed E-state index contributed by atoms with van der Waals surface area (Å²) in [6.07, 6.45) is 1.91. The number of nitrogen functional groups attached to an aromatic ring is 1. The van der Waals surface area contributed by atoms with Crippen LogP contribution in [0.2, 0.25) is 0 Å². The van der Waals surface area contributed by atoms with E-state index in [1.165, 1.54) is 0 Å². The second kappa shape index (κ2) is 5.68. The molecule has 0 radical (unpaired) electrons. The van der Waals surface area contributed by atoms with Crippen LogP contribution in [-0.2, 0) is 6.42 Å². The lowest BCUT2D eigenvalue weighted by molar-refractivity contribution is 0.620. The van der Waals surface area contributed by atoms with Gasteiger partial charge in [-0.05, 0) is 20.3 Å². The lowest BCUT2D eigenvalue weighted by atomic mass is 10.2. The average Bonchev–Trinajstić information content (AvgIpc) is 2.29. The molecule has 4 nitrogen and oxygen atoms in total. The highest BCUT2D eigenvalue weighted by molar-refractivity contribution is 5.47. The van der Waals surface area contributed by atoms with Crippen molar-refractivity contribution in [2.45, 2.75) is 46.6 Å². The Morgan fingerprint density at radius 1 is 1.31 bits per heavy atom. The fourth-order valence-electron chi connectivity index (χ4n) is 1.73. The van der Waals surface area contributed by atoms with Crippen molar-refractivity contribution in [3.8, 4) is 0 Å². The van der Waals surface area contributed by atoms with Crippen molar-refractivity contribution in [1.29, 1.82) is 0 Å². The predicted octanol–water partition coefficient (Wildman–Crippen LogP) is 2.25. The third kappa shape index (κ3) is 2.84. The van der Waals surface area contributed by atoms with Crippen molar-refractivity contribution in [2.24, 2.45) is 0 Å². The fourth-order valence-corrected chi connectivity index (χ4v) is 1.73. The van der Waals surface area contributed by atoms with Crippen molar-refractivity contribution in [2.75, 3.05) is 17.2 Å².